The normalized spacial score (nSPS) is 10.9. The standard InChI is InChI=1S/C13H15NO3/c15-8-10-17-9-7-14-12-4-2-1-3-11(12)5-6-13(14)16/h1-6,15H,7-10H2. The molecule has 1 N–H and O–H groups in total. The van der Waals surface area contributed by atoms with E-state index in [1.54, 1.807) is 10.6 Å². The van der Waals surface area contributed by atoms with Gasteiger partial charge >= 0.3 is 0 Å². The largest absolute Gasteiger partial charge is 0.394 e. The Morgan fingerprint density at radius 3 is 2.76 bits per heavy atom. The number of pyridine rings is 1. The predicted molar refractivity (Wildman–Crippen MR) is 66.1 cm³/mol. The van der Waals surface area contributed by atoms with Crippen LogP contribution in [0.15, 0.2) is 41.2 Å². The Balaban J connectivity index is 2.25. The van der Waals surface area contributed by atoms with E-state index in [-0.39, 0.29) is 12.2 Å². The van der Waals surface area contributed by atoms with Crippen molar-refractivity contribution < 1.29 is 9.84 Å². The molecule has 0 amide bonds. The van der Waals surface area contributed by atoms with Crippen molar-refractivity contribution in [2.24, 2.45) is 0 Å². The highest BCUT2D eigenvalue weighted by molar-refractivity contribution is 5.78. The minimum Gasteiger partial charge on any atom is -0.394 e. The van der Waals surface area contributed by atoms with Crippen molar-refractivity contribution >= 4 is 10.9 Å². The Labute approximate surface area is 99.1 Å². The van der Waals surface area contributed by atoms with Crippen LogP contribution >= 0.6 is 0 Å². The number of ether oxygens (including phenoxy) is 1. The number of hydrogen-bond donors (Lipinski definition) is 1. The maximum absolute atomic E-state index is 11.8. The predicted octanol–water partition coefficient (Wildman–Crippen LogP) is 1.01. The fourth-order valence-corrected chi connectivity index (χ4v) is 1.80. The third kappa shape index (κ3) is 2.72. The number of hydrogen-bond acceptors (Lipinski definition) is 3. The number of benzene rings is 1. The van der Waals surface area contributed by atoms with Crippen LogP contribution in [0.4, 0.5) is 0 Å². The van der Waals surface area contributed by atoms with E-state index < -0.39 is 0 Å². The van der Waals surface area contributed by atoms with Crippen LogP contribution in [-0.4, -0.2) is 29.5 Å². The maximum atomic E-state index is 11.8. The third-order valence-electron chi connectivity index (χ3n) is 2.59. The lowest BCUT2D eigenvalue weighted by Gasteiger charge is -2.09. The monoisotopic (exact) mass is 233 g/mol. The maximum Gasteiger partial charge on any atom is 0.251 e. The summed E-state index contributed by atoms with van der Waals surface area (Å²) < 4.78 is 6.87. The van der Waals surface area contributed by atoms with Gasteiger partial charge < -0.3 is 14.4 Å². The molecular formula is C13H15NO3. The van der Waals surface area contributed by atoms with Crippen LogP contribution in [0.25, 0.3) is 10.9 Å². The highest BCUT2D eigenvalue weighted by Gasteiger charge is 2.01. The van der Waals surface area contributed by atoms with Gasteiger partial charge in [-0.15, -0.1) is 0 Å². The summed E-state index contributed by atoms with van der Waals surface area (Å²) in [4.78, 5) is 11.8. The minimum absolute atomic E-state index is 0.00440. The second kappa shape index (κ2) is 5.61. The summed E-state index contributed by atoms with van der Waals surface area (Å²) in [6, 6.07) is 11.1. The Hall–Kier alpha value is -1.65. The van der Waals surface area contributed by atoms with Crippen LogP contribution in [0.5, 0.6) is 0 Å². The van der Waals surface area contributed by atoms with E-state index in [9.17, 15) is 4.79 Å². The van der Waals surface area contributed by atoms with E-state index >= 15 is 0 Å². The summed E-state index contributed by atoms with van der Waals surface area (Å²) in [5.74, 6) is 0. The van der Waals surface area contributed by atoms with Crippen molar-refractivity contribution in [1.82, 2.24) is 4.57 Å². The second-order valence-electron chi connectivity index (χ2n) is 3.72. The lowest BCUT2D eigenvalue weighted by Crippen LogP contribution is -2.22. The molecule has 90 valence electrons. The summed E-state index contributed by atoms with van der Waals surface area (Å²) in [5.41, 5.74) is 0.879. The molecule has 2 rings (SSSR count). The number of nitrogens with zero attached hydrogens (tertiary/aromatic N) is 1. The van der Waals surface area contributed by atoms with E-state index in [1.165, 1.54) is 0 Å². The van der Waals surface area contributed by atoms with Gasteiger partial charge in [-0.2, -0.15) is 0 Å². The SMILES string of the molecule is O=c1ccc2ccccc2n1CCOCCO. The van der Waals surface area contributed by atoms with Gasteiger partial charge in [0.1, 0.15) is 0 Å². The molecule has 0 aliphatic carbocycles. The van der Waals surface area contributed by atoms with Gasteiger partial charge in [0.25, 0.3) is 5.56 Å². The van der Waals surface area contributed by atoms with Crippen LogP contribution < -0.4 is 5.56 Å². The van der Waals surface area contributed by atoms with Crippen molar-refractivity contribution in [1.29, 1.82) is 0 Å². The summed E-state index contributed by atoms with van der Waals surface area (Å²) in [5, 5.41) is 9.63. The molecule has 0 fully saturated rings. The highest BCUT2D eigenvalue weighted by Crippen LogP contribution is 2.10. The molecule has 0 saturated carbocycles. The molecule has 0 aliphatic heterocycles. The van der Waals surface area contributed by atoms with Gasteiger partial charge in [0.15, 0.2) is 0 Å². The lowest BCUT2D eigenvalue weighted by atomic mass is 10.2. The number of aromatic nitrogens is 1. The molecule has 2 aromatic rings. The molecule has 1 aromatic heterocycles. The van der Waals surface area contributed by atoms with Crippen LogP contribution in [0.2, 0.25) is 0 Å². The molecule has 0 saturated heterocycles. The molecule has 0 radical (unpaired) electrons. The average Bonchev–Trinajstić information content (AvgIpc) is 2.37. The molecule has 0 unspecified atom stereocenters. The Morgan fingerprint density at radius 2 is 1.94 bits per heavy atom. The quantitative estimate of drug-likeness (QED) is 0.784. The molecule has 4 nitrogen and oxygen atoms in total. The third-order valence-corrected chi connectivity index (χ3v) is 2.59. The topological polar surface area (TPSA) is 51.5 Å². The molecule has 1 aromatic carbocycles. The molecular weight excluding hydrogens is 218 g/mol. The van der Waals surface area contributed by atoms with Gasteiger partial charge in [-0.3, -0.25) is 4.79 Å². The number of aliphatic hydroxyl groups excluding tert-OH is 1. The summed E-state index contributed by atoms with van der Waals surface area (Å²) in [7, 11) is 0. The number of aliphatic hydroxyl groups is 1. The number of fused-ring (bicyclic) bond motifs is 1. The fraction of sp³-hybridized carbons (Fsp3) is 0.308. The van der Waals surface area contributed by atoms with E-state index in [4.69, 9.17) is 9.84 Å². The smallest absolute Gasteiger partial charge is 0.251 e. The van der Waals surface area contributed by atoms with Crippen LogP contribution in [0, 0.1) is 0 Å². The number of rotatable bonds is 5. The van der Waals surface area contributed by atoms with Crippen molar-refractivity contribution in [3.05, 3.63) is 46.8 Å². The summed E-state index contributed by atoms with van der Waals surface area (Å²) >= 11 is 0. The highest BCUT2D eigenvalue weighted by atomic mass is 16.5. The van der Waals surface area contributed by atoms with Gasteiger partial charge in [0.2, 0.25) is 0 Å². The van der Waals surface area contributed by atoms with Gasteiger partial charge in [0.05, 0.1) is 25.3 Å². The van der Waals surface area contributed by atoms with Crippen molar-refractivity contribution in [3.8, 4) is 0 Å². The van der Waals surface area contributed by atoms with Gasteiger partial charge in [-0.1, -0.05) is 18.2 Å². The molecule has 0 aliphatic rings. The lowest BCUT2D eigenvalue weighted by molar-refractivity contribution is 0.0871. The molecule has 17 heavy (non-hydrogen) atoms. The first-order valence-corrected chi connectivity index (χ1v) is 5.60. The average molecular weight is 233 g/mol. The number of para-hydroxylation sites is 1. The first-order valence-electron chi connectivity index (χ1n) is 5.60. The Kier molecular flexibility index (Phi) is 3.90. The van der Waals surface area contributed by atoms with Crippen molar-refractivity contribution in [2.75, 3.05) is 19.8 Å². The first kappa shape index (κ1) is 11.8. The van der Waals surface area contributed by atoms with E-state index in [1.807, 2.05) is 30.3 Å². The Morgan fingerprint density at radius 1 is 1.12 bits per heavy atom. The van der Waals surface area contributed by atoms with Gasteiger partial charge in [-0.25, -0.2) is 0 Å². The first-order chi connectivity index (χ1) is 8.33. The zero-order valence-corrected chi connectivity index (χ0v) is 9.50. The molecule has 0 atom stereocenters. The van der Waals surface area contributed by atoms with E-state index in [0.29, 0.717) is 19.8 Å². The zero-order chi connectivity index (χ0) is 12.1. The van der Waals surface area contributed by atoms with Crippen LogP contribution in [0.1, 0.15) is 0 Å². The van der Waals surface area contributed by atoms with Gasteiger partial charge in [-0.05, 0) is 17.5 Å². The fourth-order valence-electron chi connectivity index (χ4n) is 1.80. The van der Waals surface area contributed by atoms with Crippen LogP contribution in [-0.2, 0) is 11.3 Å². The second-order valence-corrected chi connectivity index (χ2v) is 3.72. The van der Waals surface area contributed by atoms with E-state index in [2.05, 4.69) is 0 Å². The van der Waals surface area contributed by atoms with Crippen LogP contribution in [0.3, 0.4) is 0 Å². The molecule has 4 heteroatoms. The van der Waals surface area contributed by atoms with Crippen molar-refractivity contribution in [3.63, 3.8) is 0 Å². The van der Waals surface area contributed by atoms with Gasteiger partial charge in [0, 0.05) is 12.6 Å². The Bertz CT molecular complexity index is 548. The minimum atomic E-state index is -0.0312. The molecule has 1 heterocycles. The summed E-state index contributed by atoms with van der Waals surface area (Å²) in [6.07, 6.45) is 0. The zero-order valence-electron chi connectivity index (χ0n) is 9.50. The molecule has 0 bridgehead atoms. The van der Waals surface area contributed by atoms with E-state index in [0.717, 1.165) is 10.9 Å². The summed E-state index contributed by atoms with van der Waals surface area (Å²) in [6.45, 7) is 1.23. The molecule has 0 spiro atoms. The van der Waals surface area contributed by atoms with Crippen molar-refractivity contribution in [2.45, 2.75) is 6.54 Å².